The number of fused-ring (bicyclic) bond motifs is 1. The number of aromatic carboxylic acids is 1. The average molecular weight is 237 g/mol. The molecule has 16 heavy (non-hydrogen) atoms. The van der Waals surface area contributed by atoms with Gasteiger partial charge in [-0.05, 0) is 17.5 Å². The van der Waals surface area contributed by atoms with E-state index in [4.69, 9.17) is 5.11 Å². The minimum atomic E-state index is -0.856. The Morgan fingerprint density at radius 1 is 1.50 bits per heavy atom. The molecule has 0 unspecified atom stereocenters. The summed E-state index contributed by atoms with van der Waals surface area (Å²) in [6, 6.07) is 5.39. The van der Waals surface area contributed by atoms with Crippen molar-refractivity contribution in [1.29, 1.82) is 0 Å². The average Bonchev–Trinajstić information content (AvgIpc) is 2.38. The normalized spacial score (nSPS) is 18.1. The van der Waals surface area contributed by atoms with Crippen LogP contribution in [0.3, 0.4) is 0 Å². The molecule has 0 bridgehead atoms. The van der Waals surface area contributed by atoms with Crippen molar-refractivity contribution in [3.8, 4) is 0 Å². The lowest BCUT2D eigenvalue weighted by molar-refractivity contribution is 0.0693. The number of hydrogen-bond donors (Lipinski definition) is 2. The van der Waals surface area contributed by atoms with Gasteiger partial charge < -0.3 is 10.4 Å². The number of benzene rings is 1. The second-order valence-electron chi connectivity index (χ2n) is 4.79. The van der Waals surface area contributed by atoms with E-state index < -0.39 is 5.97 Å². The third-order valence-electron chi connectivity index (χ3n) is 2.61. The highest BCUT2D eigenvalue weighted by molar-refractivity contribution is 7.99. The number of nitrogens with one attached hydrogen (secondary N) is 1. The van der Waals surface area contributed by atoms with Gasteiger partial charge in [0.05, 0.1) is 5.56 Å². The maximum Gasteiger partial charge on any atom is 0.336 e. The molecule has 3 nitrogen and oxygen atoms in total. The summed E-state index contributed by atoms with van der Waals surface area (Å²) >= 11 is 1.63. The van der Waals surface area contributed by atoms with Gasteiger partial charge in [0, 0.05) is 22.9 Å². The van der Waals surface area contributed by atoms with Crippen molar-refractivity contribution in [2.24, 2.45) is 5.41 Å². The topological polar surface area (TPSA) is 49.3 Å². The van der Waals surface area contributed by atoms with Gasteiger partial charge >= 0.3 is 5.97 Å². The molecule has 0 radical (unpaired) electrons. The summed E-state index contributed by atoms with van der Waals surface area (Å²) in [4.78, 5) is 12.0. The molecule has 0 aliphatic carbocycles. The third-order valence-corrected chi connectivity index (χ3v) is 4.26. The summed E-state index contributed by atoms with van der Waals surface area (Å²) < 4.78 is 0. The van der Waals surface area contributed by atoms with E-state index in [0.717, 1.165) is 22.9 Å². The summed E-state index contributed by atoms with van der Waals surface area (Å²) in [5, 5.41) is 12.4. The number of carboxylic acid groups (broad SMARTS) is 1. The molecule has 0 fully saturated rings. The summed E-state index contributed by atoms with van der Waals surface area (Å²) in [5.41, 5.74) is 1.52. The quantitative estimate of drug-likeness (QED) is 0.788. The fourth-order valence-corrected chi connectivity index (χ4v) is 2.90. The van der Waals surface area contributed by atoms with Crippen LogP contribution in [0, 0.1) is 5.41 Å². The van der Waals surface area contributed by atoms with Crippen LogP contribution in [0.2, 0.25) is 0 Å². The maximum absolute atomic E-state index is 11.1. The molecule has 4 heteroatoms. The molecule has 2 N–H and O–H groups in total. The molecular weight excluding hydrogens is 222 g/mol. The van der Waals surface area contributed by atoms with Gasteiger partial charge in [0.15, 0.2) is 0 Å². The first-order chi connectivity index (χ1) is 7.49. The fraction of sp³-hybridized carbons (Fsp3) is 0.417. The Morgan fingerprint density at radius 2 is 2.25 bits per heavy atom. The molecular formula is C12H15NO2S. The lowest BCUT2D eigenvalue weighted by Gasteiger charge is -2.21. The summed E-state index contributed by atoms with van der Waals surface area (Å²) in [6.45, 7) is 5.23. The molecule has 0 saturated heterocycles. The molecule has 1 aromatic carbocycles. The van der Waals surface area contributed by atoms with Gasteiger partial charge in [0.1, 0.15) is 0 Å². The van der Waals surface area contributed by atoms with Crippen LogP contribution in [-0.4, -0.2) is 23.4 Å². The Bertz CT molecular complexity index is 429. The minimum absolute atomic E-state index is 0.180. The highest BCUT2D eigenvalue weighted by atomic mass is 32.2. The van der Waals surface area contributed by atoms with E-state index in [-0.39, 0.29) is 5.41 Å². The second-order valence-corrected chi connectivity index (χ2v) is 5.78. The standard InChI is InChI=1S/C12H15NO2S/c1-12(2)6-13-9-5-3-4-8(11(14)15)10(9)16-7-12/h3-5,13H,6-7H2,1-2H3,(H,14,15). The number of carboxylic acids is 1. The maximum atomic E-state index is 11.1. The number of carbonyl (C=O) groups is 1. The highest BCUT2D eigenvalue weighted by Crippen LogP contribution is 2.38. The van der Waals surface area contributed by atoms with Crippen molar-refractivity contribution in [1.82, 2.24) is 0 Å². The van der Waals surface area contributed by atoms with Crippen LogP contribution in [0.1, 0.15) is 24.2 Å². The first kappa shape index (κ1) is 11.3. The van der Waals surface area contributed by atoms with E-state index in [1.165, 1.54) is 0 Å². The Labute approximate surface area is 99.2 Å². The van der Waals surface area contributed by atoms with E-state index in [1.54, 1.807) is 23.9 Å². The predicted molar refractivity (Wildman–Crippen MR) is 66.4 cm³/mol. The fourth-order valence-electron chi connectivity index (χ4n) is 1.65. The molecule has 1 aliphatic rings. The van der Waals surface area contributed by atoms with Crippen LogP contribution in [0.5, 0.6) is 0 Å². The second kappa shape index (κ2) is 4.01. The van der Waals surface area contributed by atoms with Crippen molar-refractivity contribution in [3.63, 3.8) is 0 Å². The summed E-state index contributed by atoms with van der Waals surface area (Å²) in [5.74, 6) is 0.0722. The van der Waals surface area contributed by atoms with E-state index >= 15 is 0 Å². The van der Waals surface area contributed by atoms with Crippen LogP contribution >= 0.6 is 11.8 Å². The zero-order chi connectivity index (χ0) is 11.8. The lowest BCUT2D eigenvalue weighted by Crippen LogP contribution is -2.23. The van der Waals surface area contributed by atoms with Crippen molar-refractivity contribution in [2.45, 2.75) is 18.7 Å². The van der Waals surface area contributed by atoms with Gasteiger partial charge in [-0.3, -0.25) is 0 Å². The van der Waals surface area contributed by atoms with Gasteiger partial charge in [0.2, 0.25) is 0 Å². The largest absolute Gasteiger partial charge is 0.478 e. The van der Waals surface area contributed by atoms with Gasteiger partial charge in [-0.1, -0.05) is 19.9 Å². The molecule has 0 aromatic heterocycles. The molecule has 1 aromatic rings. The van der Waals surface area contributed by atoms with Gasteiger partial charge in [-0.25, -0.2) is 4.79 Å². The number of anilines is 1. The molecule has 86 valence electrons. The first-order valence-electron chi connectivity index (χ1n) is 5.23. The number of thioether (sulfide) groups is 1. The molecule has 0 amide bonds. The van der Waals surface area contributed by atoms with E-state index in [0.29, 0.717) is 5.56 Å². The Morgan fingerprint density at radius 3 is 2.94 bits per heavy atom. The van der Waals surface area contributed by atoms with Crippen LogP contribution in [0.4, 0.5) is 5.69 Å². The van der Waals surface area contributed by atoms with E-state index in [1.807, 2.05) is 6.07 Å². The van der Waals surface area contributed by atoms with Crippen LogP contribution in [0.15, 0.2) is 23.1 Å². The van der Waals surface area contributed by atoms with Crippen molar-refractivity contribution in [2.75, 3.05) is 17.6 Å². The Balaban J connectivity index is 2.42. The summed E-state index contributed by atoms with van der Waals surface area (Å²) in [6.07, 6.45) is 0. The highest BCUT2D eigenvalue weighted by Gasteiger charge is 2.25. The number of hydrogen-bond acceptors (Lipinski definition) is 3. The number of rotatable bonds is 1. The summed E-state index contributed by atoms with van der Waals surface area (Å²) in [7, 11) is 0. The van der Waals surface area contributed by atoms with Crippen LogP contribution < -0.4 is 5.32 Å². The van der Waals surface area contributed by atoms with Crippen LogP contribution in [0.25, 0.3) is 0 Å². The SMILES string of the molecule is CC1(C)CNc2cccc(C(=O)O)c2SC1. The molecule has 1 heterocycles. The molecule has 1 aliphatic heterocycles. The minimum Gasteiger partial charge on any atom is -0.478 e. The first-order valence-corrected chi connectivity index (χ1v) is 6.21. The van der Waals surface area contributed by atoms with Crippen molar-refractivity contribution in [3.05, 3.63) is 23.8 Å². The van der Waals surface area contributed by atoms with Gasteiger partial charge in [0.25, 0.3) is 0 Å². The van der Waals surface area contributed by atoms with E-state index in [2.05, 4.69) is 19.2 Å². The zero-order valence-corrected chi connectivity index (χ0v) is 10.2. The molecule has 0 atom stereocenters. The van der Waals surface area contributed by atoms with Crippen molar-refractivity contribution < 1.29 is 9.90 Å². The lowest BCUT2D eigenvalue weighted by atomic mass is 9.96. The smallest absolute Gasteiger partial charge is 0.336 e. The van der Waals surface area contributed by atoms with Gasteiger partial charge in [-0.2, -0.15) is 0 Å². The molecule has 2 rings (SSSR count). The van der Waals surface area contributed by atoms with E-state index in [9.17, 15) is 4.79 Å². The Hall–Kier alpha value is -1.16. The van der Waals surface area contributed by atoms with Crippen molar-refractivity contribution >= 4 is 23.4 Å². The Kier molecular flexibility index (Phi) is 2.84. The molecule has 0 spiro atoms. The predicted octanol–water partition coefficient (Wildman–Crippen LogP) is 2.93. The molecule has 0 saturated carbocycles. The monoisotopic (exact) mass is 237 g/mol. The third kappa shape index (κ3) is 2.16. The van der Waals surface area contributed by atoms with Crippen LogP contribution in [-0.2, 0) is 0 Å². The van der Waals surface area contributed by atoms with Gasteiger partial charge in [-0.15, -0.1) is 11.8 Å². The zero-order valence-electron chi connectivity index (χ0n) is 9.41.